The molecule has 0 saturated carbocycles. The minimum absolute atomic E-state index is 0.316. The number of piperidine rings is 1. The van der Waals surface area contributed by atoms with E-state index in [1.807, 2.05) is 18.2 Å². The van der Waals surface area contributed by atoms with Gasteiger partial charge in [-0.25, -0.2) is 0 Å². The molecule has 17 heavy (non-hydrogen) atoms. The van der Waals surface area contributed by atoms with Crippen molar-refractivity contribution in [3.63, 3.8) is 0 Å². The second kappa shape index (κ2) is 5.38. The molecular weight excluding hydrogens is 232 g/mol. The van der Waals surface area contributed by atoms with Gasteiger partial charge in [-0.05, 0) is 36.1 Å². The van der Waals surface area contributed by atoms with Crippen LogP contribution in [0, 0.1) is 5.41 Å². The van der Waals surface area contributed by atoms with Gasteiger partial charge in [0.15, 0.2) is 0 Å². The first-order valence-corrected chi connectivity index (χ1v) is 6.64. The van der Waals surface area contributed by atoms with Gasteiger partial charge < -0.3 is 10.6 Å². The molecule has 1 fully saturated rings. The molecule has 3 heteroatoms. The normalized spacial score (nSPS) is 23.6. The monoisotopic (exact) mass is 252 g/mol. The Bertz CT molecular complexity index is 376. The first-order chi connectivity index (χ1) is 8.08. The third kappa shape index (κ3) is 3.44. The number of hydrogen-bond acceptors (Lipinski definition) is 2. The highest BCUT2D eigenvalue weighted by Crippen LogP contribution is 2.25. The first-order valence-electron chi connectivity index (χ1n) is 6.26. The van der Waals surface area contributed by atoms with Crippen LogP contribution in [0.15, 0.2) is 24.3 Å². The molecule has 0 aromatic heterocycles. The highest BCUT2D eigenvalue weighted by Gasteiger charge is 2.31. The van der Waals surface area contributed by atoms with Crippen LogP contribution in [-0.4, -0.2) is 19.1 Å². The van der Waals surface area contributed by atoms with Crippen LogP contribution < -0.4 is 10.6 Å². The van der Waals surface area contributed by atoms with Crippen LogP contribution in [-0.2, 0) is 6.54 Å². The molecule has 1 aliphatic rings. The van der Waals surface area contributed by atoms with E-state index >= 15 is 0 Å². The van der Waals surface area contributed by atoms with E-state index in [-0.39, 0.29) is 0 Å². The van der Waals surface area contributed by atoms with Gasteiger partial charge in [-0.3, -0.25) is 0 Å². The largest absolute Gasteiger partial charge is 0.316 e. The molecule has 2 rings (SSSR count). The Morgan fingerprint density at radius 3 is 3.00 bits per heavy atom. The van der Waals surface area contributed by atoms with Crippen molar-refractivity contribution < 1.29 is 0 Å². The molecule has 0 amide bonds. The lowest BCUT2D eigenvalue weighted by molar-refractivity contribution is 0.184. The number of nitrogens with one attached hydrogen (secondary N) is 2. The summed E-state index contributed by atoms with van der Waals surface area (Å²) in [4.78, 5) is 0. The Morgan fingerprint density at radius 2 is 2.29 bits per heavy atom. The van der Waals surface area contributed by atoms with Gasteiger partial charge >= 0.3 is 0 Å². The quantitative estimate of drug-likeness (QED) is 0.865. The summed E-state index contributed by atoms with van der Waals surface area (Å²) in [5, 5.41) is 7.92. The number of halogens is 1. The zero-order valence-corrected chi connectivity index (χ0v) is 11.3. The summed E-state index contributed by atoms with van der Waals surface area (Å²) >= 11 is 5.98. The molecule has 2 nitrogen and oxygen atoms in total. The van der Waals surface area contributed by atoms with Gasteiger partial charge in [0, 0.05) is 24.2 Å². The molecule has 1 heterocycles. The predicted molar refractivity (Wildman–Crippen MR) is 73.3 cm³/mol. The standard InChI is InChI=1S/C14H21ClN2/c1-14(2)10-16-7-6-13(14)17-9-11-4-3-5-12(15)8-11/h3-5,8,13,16-17H,6-7,9-10H2,1-2H3. The van der Waals surface area contributed by atoms with E-state index < -0.39 is 0 Å². The van der Waals surface area contributed by atoms with Gasteiger partial charge in [-0.1, -0.05) is 37.6 Å². The Balaban J connectivity index is 1.93. The van der Waals surface area contributed by atoms with Crippen LogP contribution >= 0.6 is 11.6 Å². The van der Waals surface area contributed by atoms with Crippen molar-refractivity contribution in [3.8, 4) is 0 Å². The molecule has 0 aliphatic carbocycles. The molecule has 2 N–H and O–H groups in total. The Labute approximate surface area is 109 Å². The van der Waals surface area contributed by atoms with Crippen LogP contribution in [0.3, 0.4) is 0 Å². The van der Waals surface area contributed by atoms with Gasteiger partial charge in [-0.15, -0.1) is 0 Å². The predicted octanol–water partition coefficient (Wildman–Crippen LogP) is 2.82. The first kappa shape index (κ1) is 12.9. The Hall–Kier alpha value is -0.570. The summed E-state index contributed by atoms with van der Waals surface area (Å²) in [6, 6.07) is 8.64. The molecule has 1 aromatic carbocycles. The fourth-order valence-corrected chi connectivity index (χ4v) is 2.65. The van der Waals surface area contributed by atoms with Crippen LogP contribution in [0.4, 0.5) is 0 Å². The van der Waals surface area contributed by atoms with Crippen molar-refractivity contribution in [2.45, 2.75) is 32.9 Å². The molecular formula is C14H21ClN2. The fourth-order valence-electron chi connectivity index (χ4n) is 2.44. The van der Waals surface area contributed by atoms with Crippen LogP contribution in [0.1, 0.15) is 25.8 Å². The van der Waals surface area contributed by atoms with E-state index in [9.17, 15) is 0 Å². The molecule has 0 spiro atoms. The summed E-state index contributed by atoms with van der Waals surface area (Å²) in [6.45, 7) is 7.72. The van der Waals surface area contributed by atoms with Crippen molar-refractivity contribution >= 4 is 11.6 Å². The van der Waals surface area contributed by atoms with Gasteiger partial charge in [0.25, 0.3) is 0 Å². The smallest absolute Gasteiger partial charge is 0.0409 e. The summed E-state index contributed by atoms with van der Waals surface area (Å²) in [5.74, 6) is 0. The zero-order valence-electron chi connectivity index (χ0n) is 10.6. The average Bonchev–Trinajstić information content (AvgIpc) is 2.27. The van der Waals surface area contributed by atoms with E-state index in [0.29, 0.717) is 11.5 Å². The maximum Gasteiger partial charge on any atom is 0.0409 e. The Kier molecular flexibility index (Phi) is 4.08. The van der Waals surface area contributed by atoms with Gasteiger partial charge in [0.2, 0.25) is 0 Å². The summed E-state index contributed by atoms with van der Waals surface area (Å²) < 4.78 is 0. The minimum Gasteiger partial charge on any atom is -0.316 e. The molecule has 0 bridgehead atoms. The van der Waals surface area contributed by atoms with E-state index in [0.717, 1.165) is 24.7 Å². The SMILES string of the molecule is CC1(C)CNCCC1NCc1cccc(Cl)c1. The topological polar surface area (TPSA) is 24.1 Å². The molecule has 1 unspecified atom stereocenters. The number of hydrogen-bond donors (Lipinski definition) is 2. The van der Waals surface area contributed by atoms with E-state index in [4.69, 9.17) is 11.6 Å². The van der Waals surface area contributed by atoms with Crippen LogP contribution in [0.2, 0.25) is 5.02 Å². The van der Waals surface area contributed by atoms with E-state index in [1.54, 1.807) is 0 Å². The number of rotatable bonds is 3. The molecule has 0 radical (unpaired) electrons. The molecule has 1 aliphatic heterocycles. The van der Waals surface area contributed by atoms with Gasteiger partial charge in [0.1, 0.15) is 0 Å². The maximum atomic E-state index is 5.98. The average molecular weight is 253 g/mol. The lowest BCUT2D eigenvalue weighted by Gasteiger charge is -2.39. The van der Waals surface area contributed by atoms with E-state index in [2.05, 4.69) is 30.5 Å². The van der Waals surface area contributed by atoms with Crippen LogP contribution in [0.5, 0.6) is 0 Å². The van der Waals surface area contributed by atoms with Crippen molar-refractivity contribution in [3.05, 3.63) is 34.9 Å². The Morgan fingerprint density at radius 1 is 1.47 bits per heavy atom. The molecule has 94 valence electrons. The summed E-state index contributed by atoms with van der Waals surface area (Å²) in [6.07, 6.45) is 1.19. The lowest BCUT2D eigenvalue weighted by atomic mass is 9.80. The fraction of sp³-hybridized carbons (Fsp3) is 0.571. The van der Waals surface area contributed by atoms with Crippen molar-refractivity contribution in [2.24, 2.45) is 5.41 Å². The highest BCUT2D eigenvalue weighted by atomic mass is 35.5. The maximum absolute atomic E-state index is 5.98. The molecule has 1 aromatic rings. The third-order valence-electron chi connectivity index (χ3n) is 3.58. The second-order valence-electron chi connectivity index (χ2n) is 5.52. The third-order valence-corrected chi connectivity index (χ3v) is 3.81. The van der Waals surface area contributed by atoms with E-state index in [1.165, 1.54) is 12.0 Å². The van der Waals surface area contributed by atoms with Crippen molar-refractivity contribution in [1.29, 1.82) is 0 Å². The van der Waals surface area contributed by atoms with Gasteiger partial charge in [-0.2, -0.15) is 0 Å². The molecule has 1 saturated heterocycles. The highest BCUT2D eigenvalue weighted by molar-refractivity contribution is 6.30. The van der Waals surface area contributed by atoms with Crippen molar-refractivity contribution in [1.82, 2.24) is 10.6 Å². The van der Waals surface area contributed by atoms with Gasteiger partial charge in [0.05, 0.1) is 0 Å². The van der Waals surface area contributed by atoms with Crippen LogP contribution in [0.25, 0.3) is 0 Å². The minimum atomic E-state index is 0.316. The molecule has 1 atom stereocenters. The summed E-state index contributed by atoms with van der Waals surface area (Å²) in [5.41, 5.74) is 1.57. The number of benzene rings is 1. The lowest BCUT2D eigenvalue weighted by Crippen LogP contribution is -2.52. The second-order valence-corrected chi connectivity index (χ2v) is 5.95. The zero-order chi connectivity index (χ0) is 12.3. The summed E-state index contributed by atoms with van der Waals surface area (Å²) in [7, 11) is 0. The van der Waals surface area contributed by atoms with Crippen molar-refractivity contribution in [2.75, 3.05) is 13.1 Å².